The van der Waals surface area contributed by atoms with Crippen LogP contribution in [0.5, 0.6) is 0 Å². The molecule has 7 aromatic heterocycles. The number of hydrogen-bond donors (Lipinski definition) is 0. The number of rotatable bonds is 9. The number of pyridine rings is 2. The Hall–Kier alpha value is -12.5. The molecule has 0 spiro atoms. The van der Waals surface area contributed by atoms with E-state index in [9.17, 15) is 0 Å². The van der Waals surface area contributed by atoms with Gasteiger partial charge >= 0.3 is 0 Å². The summed E-state index contributed by atoms with van der Waals surface area (Å²) < 4.78 is 7.08. The Morgan fingerprint density at radius 1 is 0.277 bits per heavy atom. The summed E-state index contributed by atoms with van der Waals surface area (Å²) >= 11 is 10.2. The highest BCUT2D eigenvalue weighted by Gasteiger charge is 2.22. The number of thiophene rings is 2. The standard InChI is InChI=1S/C44H27N5S.C32H19ClN4S.C13H10/c1-3-13-28(14-4-1)42-46-43(29-15-5-2-6-16-29)48-44(47-42)31-25-30(33-23-24-45-40-36-19-9-12-22-39(36)50-41(33)40)26-32(27-31)49-37-20-10-7-17-34(37)35-18-8-11-21-38(35)49;33-24-18-22(25-15-16-34-28-26-13-7-8-14-27(26)38-29(25)28)17-23(19-24)32-36-30(20-9-3-1-4-10-20)35-31(37-32)21-11-5-2-6-12-21;1-3-7-12-10(5-1)9-11-6-2-4-8-13(11)12/h1-27H;1-19H;1-8H,9H2. The van der Waals surface area contributed by atoms with Crippen molar-refractivity contribution in [2.24, 2.45) is 0 Å². The highest BCUT2D eigenvalue weighted by Crippen LogP contribution is 2.44. The molecule has 0 radical (unpaired) electrons. The van der Waals surface area contributed by atoms with E-state index in [0.717, 1.165) is 105 Å². The maximum absolute atomic E-state index is 6.71. The Morgan fingerprint density at radius 3 is 1.04 bits per heavy atom. The van der Waals surface area contributed by atoms with Gasteiger partial charge in [0.1, 0.15) is 0 Å². The quantitative estimate of drug-likeness (QED) is 0.141. The second-order valence-corrected chi connectivity index (χ2v) is 27.2. The fourth-order valence-electron chi connectivity index (χ4n) is 13.7. The van der Waals surface area contributed by atoms with E-state index in [-0.39, 0.29) is 0 Å². The second-order valence-electron chi connectivity index (χ2n) is 24.7. The molecule has 19 aromatic rings. The van der Waals surface area contributed by atoms with Crippen LogP contribution in [0.4, 0.5) is 0 Å². The lowest BCUT2D eigenvalue weighted by Crippen LogP contribution is -2.01. The molecule has 476 valence electrons. The summed E-state index contributed by atoms with van der Waals surface area (Å²) in [7, 11) is 0. The number of para-hydroxylation sites is 2. The summed E-state index contributed by atoms with van der Waals surface area (Å²) in [5.41, 5.74) is 20.8. The summed E-state index contributed by atoms with van der Waals surface area (Å²) in [5.74, 6) is 3.69. The molecule has 1 aliphatic carbocycles. The molecule has 20 rings (SSSR count). The lowest BCUT2D eigenvalue weighted by molar-refractivity contribution is 1.07. The predicted octanol–water partition coefficient (Wildman–Crippen LogP) is 23.6. The number of fused-ring (bicyclic) bond motifs is 12. The third kappa shape index (κ3) is 11.7. The Kier molecular flexibility index (Phi) is 15.9. The van der Waals surface area contributed by atoms with Gasteiger partial charge in [0.15, 0.2) is 34.9 Å². The van der Waals surface area contributed by atoms with Gasteiger partial charge in [0.05, 0.1) is 31.5 Å². The van der Waals surface area contributed by atoms with Gasteiger partial charge < -0.3 is 4.57 Å². The fourth-order valence-corrected chi connectivity index (χ4v) is 16.3. The van der Waals surface area contributed by atoms with Crippen LogP contribution >= 0.6 is 34.3 Å². The lowest BCUT2D eigenvalue weighted by Gasteiger charge is -2.14. The number of aromatic nitrogens is 9. The van der Waals surface area contributed by atoms with Crippen LogP contribution in [-0.4, -0.2) is 44.4 Å². The van der Waals surface area contributed by atoms with E-state index in [1.165, 1.54) is 47.8 Å². The minimum absolute atomic E-state index is 0.572. The molecule has 0 aliphatic heterocycles. The zero-order valence-electron chi connectivity index (χ0n) is 54.1. The first-order chi connectivity index (χ1) is 50.0. The highest BCUT2D eigenvalue weighted by molar-refractivity contribution is 7.26. The van der Waals surface area contributed by atoms with Crippen molar-refractivity contribution in [2.45, 2.75) is 6.42 Å². The van der Waals surface area contributed by atoms with Crippen molar-refractivity contribution >= 4 is 96.7 Å². The summed E-state index contributed by atoms with van der Waals surface area (Å²) in [6.45, 7) is 0. The molecule has 9 nitrogen and oxygen atoms in total. The molecule has 7 heterocycles. The Labute approximate surface area is 594 Å². The third-order valence-corrected chi connectivity index (χ3v) is 21.0. The smallest absolute Gasteiger partial charge is 0.164 e. The van der Waals surface area contributed by atoms with Gasteiger partial charge in [-0.15, -0.1) is 22.7 Å². The van der Waals surface area contributed by atoms with E-state index in [4.69, 9.17) is 51.5 Å². The van der Waals surface area contributed by atoms with Gasteiger partial charge in [-0.05, 0) is 113 Å². The first-order valence-corrected chi connectivity index (χ1v) is 35.4. The Bertz CT molecular complexity index is 6120. The molecule has 0 saturated carbocycles. The van der Waals surface area contributed by atoms with Crippen LogP contribution in [0, 0.1) is 0 Å². The van der Waals surface area contributed by atoms with Crippen molar-refractivity contribution in [1.29, 1.82) is 0 Å². The topological polar surface area (TPSA) is 108 Å². The Morgan fingerprint density at radius 2 is 0.604 bits per heavy atom. The number of halogens is 1. The summed E-state index contributed by atoms with van der Waals surface area (Å²) in [6, 6.07) is 108. The van der Waals surface area contributed by atoms with Crippen LogP contribution < -0.4 is 0 Å². The SMILES string of the molecule is Clc1cc(-c2nc(-c3ccccc3)nc(-c3ccccc3)n2)cc(-c2ccnc3c2sc2ccccc23)c1.c1ccc(-c2nc(-c3ccccc3)nc(-c3cc(-c4ccnc5c4sc4ccccc45)cc(-n4c5ccccc5c5ccccc54)c3)n2)cc1.c1ccc2c(c1)Cc1ccccc1-2. The molecule has 0 N–H and O–H groups in total. The molecule has 0 fully saturated rings. The van der Waals surface area contributed by atoms with E-state index in [1.54, 1.807) is 22.7 Å². The third-order valence-electron chi connectivity index (χ3n) is 18.4. The van der Waals surface area contributed by atoms with E-state index in [1.807, 2.05) is 152 Å². The number of benzene rings is 12. The summed E-state index contributed by atoms with van der Waals surface area (Å²) in [6.07, 6.45) is 4.89. The number of hydrogen-bond acceptors (Lipinski definition) is 10. The minimum atomic E-state index is 0.572. The zero-order chi connectivity index (χ0) is 67.2. The van der Waals surface area contributed by atoms with E-state index in [2.05, 4.69) is 180 Å². The fraction of sp³-hybridized carbons (Fsp3) is 0.0112. The van der Waals surface area contributed by atoms with Crippen LogP contribution in [-0.2, 0) is 6.42 Å². The first kappa shape index (κ1) is 60.9. The zero-order valence-corrected chi connectivity index (χ0v) is 56.5. The minimum Gasteiger partial charge on any atom is -0.309 e. The van der Waals surface area contributed by atoms with Gasteiger partial charge in [-0.1, -0.05) is 254 Å². The van der Waals surface area contributed by atoms with Crippen molar-refractivity contribution < 1.29 is 0 Å². The van der Waals surface area contributed by atoms with Crippen LogP contribution in [0.1, 0.15) is 11.1 Å². The molecule has 12 heteroatoms. The van der Waals surface area contributed by atoms with E-state index in [0.29, 0.717) is 40.0 Å². The van der Waals surface area contributed by atoms with Crippen LogP contribution in [0.2, 0.25) is 5.02 Å². The lowest BCUT2D eigenvalue weighted by atomic mass is 10.0. The molecule has 1 aliphatic rings. The summed E-state index contributed by atoms with van der Waals surface area (Å²) in [5, 5.41) is 5.37. The molecule has 0 bridgehead atoms. The van der Waals surface area contributed by atoms with Crippen molar-refractivity contribution in [1.82, 2.24) is 44.4 Å². The molecular weight excluding hydrogens is 1290 g/mol. The van der Waals surface area contributed by atoms with Gasteiger partial charge in [-0.2, -0.15) is 0 Å². The maximum Gasteiger partial charge on any atom is 0.164 e. The largest absolute Gasteiger partial charge is 0.309 e. The molecule has 101 heavy (non-hydrogen) atoms. The molecule has 0 saturated heterocycles. The van der Waals surface area contributed by atoms with E-state index < -0.39 is 0 Å². The normalized spacial score (nSPS) is 11.6. The second kappa shape index (κ2) is 26.4. The van der Waals surface area contributed by atoms with Crippen LogP contribution in [0.3, 0.4) is 0 Å². The van der Waals surface area contributed by atoms with Crippen molar-refractivity contribution in [2.75, 3.05) is 0 Å². The summed E-state index contributed by atoms with van der Waals surface area (Å²) in [4.78, 5) is 39.4. The van der Waals surface area contributed by atoms with E-state index >= 15 is 0 Å². The average molecular weight is 1350 g/mol. The van der Waals surface area contributed by atoms with Crippen molar-refractivity contribution in [3.05, 3.63) is 344 Å². The van der Waals surface area contributed by atoms with Crippen molar-refractivity contribution in [3.63, 3.8) is 0 Å². The Balaban J connectivity index is 0.000000126. The number of nitrogens with zero attached hydrogens (tertiary/aromatic N) is 9. The van der Waals surface area contributed by atoms with Crippen LogP contribution in [0.25, 0.3) is 170 Å². The van der Waals surface area contributed by atoms with Gasteiger partial charge in [0.2, 0.25) is 0 Å². The average Bonchev–Trinajstić information content (AvgIpc) is 1.63. The van der Waals surface area contributed by atoms with Gasteiger partial charge in [0.25, 0.3) is 0 Å². The molecular formula is C89H56ClN9S2. The monoisotopic (exact) mass is 1350 g/mol. The molecule has 0 unspecified atom stereocenters. The molecule has 0 amide bonds. The van der Waals surface area contributed by atoms with Gasteiger partial charge in [-0.3, -0.25) is 9.97 Å². The maximum atomic E-state index is 6.71. The highest BCUT2D eigenvalue weighted by atomic mass is 35.5. The predicted molar refractivity (Wildman–Crippen MR) is 419 cm³/mol. The van der Waals surface area contributed by atoms with Gasteiger partial charge in [-0.25, -0.2) is 29.9 Å². The van der Waals surface area contributed by atoms with Crippen molar-refractivity contribution in [3.8, 4) is 107 Å². The van der Waals surface area contributed by atoms with Crippen LogP contribution in [0.15, 0.2) is 328 Å². The first-order valence-electron chi connectivity index (χ1n) is 33.3. The van der Waals surface area contributed by atoms with Gasteiger partial charge in [0, 0.05) is 98.6 Å². The molecule has 12 aromatic carbocycles. The molecule has 0 atom stereocenters.